The number of nitro benzene ring substituents is 1. The summed E-state index contributed by atoms with van der Waals surface area (Å²) in [6.45, 7) is 2.11. The summed E-state index contributed by atoms with van der Waals surface area (Å²) in [5, 5.41) is 21.3. The fourth-order valence-electron chi connectivity index (χ4n) is 4.67. The number of ether oxygens (including phenoxy) is 4. The average molecular weight is 582 g/mol. The van der Waals surface area contributed by atoms with Crippen molar-refractivity contribution >= 4 is 11.7 Å². The Hall–Kier alpha value is -5.89. The molecule has 11 heteroatoms. The maximum absolute atomic E-state index is 14.1. The maximum atomic E-state index is 14.1. The highest BCUT2D eigenvalue weighted by atomic mass is 19.1. The quantitative estimate of drug-likeness (QED) is 0.106. The van der Waals surface area contributed by atoms with Gasteiger partial charge in [0.05, 0.1) is 17.4 Å². The fraction of sp³-hybridized carbons (Fsp3) is 0.125. The van der Waals surface area contributed by atoms with Gasteiger partial charge >= 0.3 is 5.97 Å². The van der Waals surface area contributed by atoms with Crippen LogP contribution < -0.4 is 24.7 Å². The van der Waals surface area contributed by atoms with E-state index in [4.69, 9.17) is 24.7 Å². The molecular formula is C32H24FN3O7. The first kappa shape index (κ1) is 28.6. The van der Waals surface area contributed by atoms with Crippen molar-refractivity contribution in [2.75, 3.05) is 6.61 Å². The van der Waals surface area contributed by atoms with E-state index in [9.17, 15) is 24.6 Å². The minimum absolute atomic E-state index is 0.0177. The van der Waals surface area contributed by atoms with E-state index < -0.39 is 16.8 Å². The van der Waals surface area contributed by atoms with Gasteiger partial charge in [0, 0.05) is 23.3 Å². The van der Waals surface area contributed by atoms with Gasteiger partial charge in [-0.25, -0.2) is 9.18 Å². The molecule has 1 atom stereocenters. The number of nitriles is 1. The molecule has 0 aliphatic carbocycles. The molecule has 5 rings (SSSR count). The number of fused-ring (bicyclic) bond motifs is 1. The lowest BCUT2D eigenvalue weighted by Crippen LogP contribution is -2.21. The van der Waals surface area contributed by atoms with Crippen molar-refractivity contribution in [2.24, 2.45) is 5.73 Å². The number of rotatable bonds is 9. The Morgan fingerprint density at radius 3 is 2.56 bits per heavy atom. The minimum Gasteiger partial charge on any atom is -0.490 e. The molecule has 10 nitrogen and oxygen atoms in total. The highest BCUT2D eigenvalue weighted by molar-refractivity contribution is 5.95. The Balaban J connectivity index is 1.46. The summed E-state index contributed by atoms with van der Waals surface area (Å²) in [5.74, 6) is -1.07. The zero-order chi connectivity index (χ0) is 30.5. The Morgan fingerprint density at radius 2 is 1.81 bits per heavy atom. The molecule has 1 aliphatic heterocycles. The number of carbonyl (C=O) groups is 1. The smallest absolute Gasteiger partial charge is 0.350 e. The molecule has 43 heavy (non-hydrogen) atoms. The van der Waals surface area contributed by atoms with Crippen LogP contribution in [0.25, 0.3) is 0 Å². The lowest BCUT2D eigenvalue weighted by Gasteiger charge is -2.27. The summed E-state index contributed by atoms with van der Waals surface area (Å²) in [6.07, 6.45) is 0. The molecule has 1 heterocycles. The van der Waals surface area contributed by atoms with Gasteiger partial charge in [0.25, 0.3) is 5.69 Å². The molecule has 0 fully saturated rings. The molecule has 1 aliphatic rings. The molecule has 0 amide bonds. The average Bonchev–Trinajstić information content (AvgIpc) is 3.00. The first-order valence-electron chi connectivity index (χ1n) is 13.1. The van der Waals surface area contributed by atoms with Crippen LogP contribution in [-0.2, 0) is 6.61 Å². The number of esters is 1. The lowest BCUT2D eigenvalue weighted by molar-refractivity contribution is -0.385. The van der Waals surface area contributed by atoms with E-state index >= 15 is 0 Å². The summed E-state index contributed by atoms with van der Waals surface area (Å²) in [4.78, 5) is 23.4. The number of para-hydroxylation sites is 1. The molecule has 216 valence electrons. The Kier molecular flexibility index (Phi) is 8.20. The number of hydrogen-bond acceptors (Lipinski definition) is 9. The molecule has 4 aromatic carbocycles. The number of nitro groups is 1. The van der Waals surface area contributed by atoms with Gasteiger partial charge in [0.2, 0.25) is 5.88 Å². The van der Waals surface area contributed by atoms with E-state index in [-0.39, 0.29) is 46.6 Å². The predicted molar refractivity (Wildman–Crippen MR) is 152 cm³/mol. The molecule has 2 N–H and O–H groups in total. The van der Waals surface area contributed by atoms with Crippen LogP contribution >= 0.6 is 0 Å². The van der Waals surface area contributed by atoms with Crippen LogP contribution in [0.3, 0.4) is 0 Å². The van der Waals surface area contributed by atoms with Crippen LogP contribution in [0.1, 0.15) is 39.9 Å². The number of nitrogens with zero attached hydrogens (tertiary/aromatic N) is 2. The van der Waals surface area contributed by atoms with E-state index in [1.165, 1.54) is 42.5 Å². The molecule has 0 spiro atoms. The van der Waals surface area contributed by atoms with Crippen molar-refractivity contribution in [1.82, 2.24) is 0 Å². The number of allylic oxidation sites excluding steroid dienone is 1. The largest absolute Gasteiger partial charge is 0.490 e. The third-order valence-electron chi connectivity index (χ3n) is 6.66. The number of benzene rings is 4. The van der Waals surface area contributed by atoms with Crippen LogP contribution in [0.2, 0.25) is 0 Å². The number of hydrogen-bond donors (Lipinski definition) is 1. The van der Waals surface area contributed by atoms with Gasteiger partial charge < -0.3 is 24.7 Å². The maximum Gasteiger partial charge on any atom is 0.350 e. The Bertz CT molecular complexity index is 1800. The van der Waals surface area contributed by atoms with Crippen molar-refractivity contribution in [3.63, 3.8) is 0 Å². The van der Waals surface area contributed by atoms with E-state index in [1.807, 2.05) is 6.92 Å². The van der Waals surface area contributed by atoms with Gasteiger partial charge in [-0.1, -0.05) is 42.5 Å². The van der Waals surface area contributed by atoms with Crippen LogP contribution in [-0.4, -0.2) is 17.5 Å². The van der Waals surface area contributed by atoms with Crippen LogP contribution in [0.4, 0.5) is 10.1 Å². The minimum atomic E-state index is -0.923. The number of nitrogens with two attached hydrogens (primary N) is 1. The monoisotopic (exact) mass is 581 g/mol. The van der Waals surface area contributed by atoms with Crippen LogP contribution in [0, 0.1) is 27.3 Å². The van der Waals surface area contributed by atoms with Crippen LogP contribution in [0.15, 0.2) is 96.4 Å². The predicted octanol–water partition coefficient (Wildman–Crippen LogP) is 6.15. The third-order valence-corrected chi connectivity index (χ3v) is 6.66. The van der Waals surface area contributed by atoms with E-state index in [1.54, 1.807) is 42.5 Å². The molecule has 0 bridgehead atoms. The fourth-order valence-corrected chi connectivity index (χ4v) is 4.67. The summed E-state index contributed by atoms with van der Waals surface area (Å²) < 4.78 is 36.9. The standard InChI is InChI=1S/C32H24FN3O7/c1-2-40-29-15-19(11-14-27(29)41-18-20-7-3-5-9-25(20)33)30-23-13-12-21(16-28(23)43-31(35)24(30)17-34)42-32(37)22-8-4-6-10-26(22)36(38)39/h3-16,30H,2,18,35H2,1H3. The number of carbonyl (C=O) groups excluding carboxylic acids is 1. The summed E-state index contributed by atoms with van der Waals surface area (Å²) in [6, 6.07) is 23.5. The number of halogens is 1. The zero-order valence-electron chi connectivity index (χ0n) is 22.8. The van der Waals surface area contributed by atoms with Crippen molar-refractivity contribution in [1.29, 1.82) is 5.26 Å². The summed E-state index contributed by atoms with van der Waals surface area (Å²) in [7, 11) is 0. The van der Waals surface area contributed by atoms with E-state index in [0.717, 1.165) is 0 Å². The SMILES string of the molecule is CCOc1cc(C2C(C#N)=C(N)Oc3cc(OC(=O)c4ccccc4[N+](=O)[O-])ccc32)ccc1OCc1ccccc1F. The van der Waals surface area contributed by atoms with Gasteiger partial charge in [-0.05, 0) is 42.8 Å². The van der Waals surface area contributed by atoms with Gasteiger partial charge in [0.1, 0.15) is 41.1 Å². The first-order chi connectivity index (χ1) is 20.8. The molecule has 4 aromatic rings. The van der Waals surface area contributed by atoms with Crippen molar-refractivity contribution < 1.29 is 33.1 Å². The van der Waals surface area contributed by atoms with Crippen molar-refractivity contribution in [3.05, 3.63) is 135 Å². The molecule has 0 saturated carbocycles. The van der Waals surface area contributed by atoms with Crippen molar-refractivity contribution in [2.45, 2.75) is 19.4 Å². The van der Waals surface area contributed by atoms with Gasteiger partial charge in [-0.3, -0.25) is 10.1 Å². The van der Waals surface area contributed by atoms with E-state index in [2.05, 4.69) is 6.07 Å². The summed E-state index contributed by atoms with van der Waals surface area (Å²) >= 11 is 0. The highest BCUT2D eigenvalue weighted by Crippen LogP contribution is 2.45. The molecule has 0 aromatic heterocycles. The Morgan fingerprint density at radius 1 is 1.05 bits per heavy atom. The second kappa shape index (κ2) is 12.3. The molecule has 1 unspecified atom stereocenters. The normalized spacial score (nSPS) is 13.7. The topological polar surface area (TPSA) is 147 Å². The van der Waals surface area contributed by atoms with Crippen LogP contribution in [0.5, 0.6) is 23.0 Å². The second-order valence-electron chi connectivity index (χ2n) is 9.31. The lowest BCUT2D eigenvalue weighted by atomic mass is 9.83. The molecular weight excluding hydrogens is 557 g/mol. The third kappa shape index (κ3) is 5.94. The van der Waals surface area contributed by atoms with Gasteiger partial charge in [-0.2, -0.15) is 5.26 Å². The van der Waals surface area contributed by atoms with Gasteiger partial charge in [0.15, 0.2) is 11.5 Å². The second-order valence-corrected chi connectivity index (χ2v) is 9.31. The van der Waals surface area contributed by atoms with Gasteiger partial charge in [-0.15, -0.1) is 0 Å². The molecule has 0 radical (unpaired) electrons. The molecule has 0 saturated heterocycles. The van der Waals surface area contributed by atoms with Crippen molar-refractivity contribution in [3.8, 4) is 29.1 Å². The van der Waals surface area contributed by atoms with E-state index in [0.29, 0.717) is 34.8 Å². The Labute approximate surface area is 245 Å². The zero-order valence-corrected chi connectivity index (χ0v) is 22.8. The summed E-state index contributed by atoms with van der Waals surface area (Å²) in [5.41, 5.74) is 7.26. The highest BCUT2D eigenvalue weighted by Gasteiger charge is 2.32. The first-order valence-corrected chi connectivity index (χ1v) is 13.1.